The largest absolute Gasteiger partial charge is 0.329 e. The van der Waals surface area contributed by atoms with Gasteiger partial charge < -0.3 is 5.73 Å². The van der Waals surface area contributed by atoms with Gasteiger partial charge >= 0.3 is 0 Å². The molecule has 0 amide bonds. The molecule has 1 aliphatic carbocycles. The van der Waals surface area contributed by atoms with E-state index in [9.17, 15) is 12.8 Å². The van der Waals surface area contributed by atoms with E-state index in [-0.39, 0.29) is 17.4 Å². The van der Waals surface area contributed by atoms with Crippen LogP contribution < -0.4 is 10.5 Å². The Balaban J connectivity index is 2.28. The zero-order valence-corrected chi connectivity index (χ0v) is 12.4. The first-order valence-corrected chi connectivity index (χ1v) is 8.37. The van der Waals surface area contributed by atoms with E-state index < -0.39 is 21.4 Å². The minimum atomic E-state index is -3.68. The van der Waals surface area contributed by atoms with E-state index in [1.165, 1.54) is 12.1 Å². The van der Waals surface area contributed by atoms with Crippen LogP contribution in [0.25, 0.3) is 0 Å². The lowest BCUT2D eigenvalue weighted by Gasteiger charge is -2.42. The van der Waals surface area contributed by atoms with Gasteiger partial charge in [0, 0.05) is 12.1 Å². The van der Waals surface area contributed by atoms with Crippen LogP contribution in [0.3, 0.4) is 0 Å². The lowest BCUT2D eigenvalue weighted by atomic mass is 9.74. The first-order valence-electron chi connectivity index (χ1n) is 6.89. The summed E-state index contributed by atoms with van der Waals surface area (Å²) in [5.41, 5.74) is 5.26. The third-order valence-corrected chi connectivity index (χ3v) is 5.85. The molecule has 2 atom stereocenters. The average molecular weight is 300 g/mol. The minimum Gasteiger partial charge on any atom is -0.329 e. The van der Waals surface area contributed by atoms with Gasteiger partial charge in [-0.25, -0.2) is 17.5 Å². The highest BCUT2D eigenvalue weighted by atomic mass is 32.2. The van der Waals surface area contributed by atoms with Crippen molar-refractivity contribution in [1.29, 1.82) is 0 Å². The summed E-state index contributed by atoms with van der Waals surface area (Å²) in [5.74, 6) is -0.264. The highest BCUT2D eigenvalue weighted by Crippen LogP contribution is 2.34. The number of hydrogen-bond donors (Lipinski definition) is 2. The normalized spacial score (nSPS) is 27.4. The van der Waals surface area contributed by atoms with Gasteiger partial charge in [-0.3, -0.25) is 0 Å². The summed E-state index contributed by atoms with van der Waals surface area (Å²) in [7, 11) is -3.68. The summed E-state index contributed by atoms with van der Waals surface area (Å²) in [4.78, 5) is 0.0736. The molecule has 0 aliphatic heterocycles. The Hall–Kier alpha value is -0.980. The van der Waals surface area contributed by atoms with Crippen LogP contribution in [0.5, 0.6) is 0 Å². The third-order valence-electron chi connectivity index (χ3n) is 4.28. The van der Waals surface area contributed by atoms with Gasteiger partial charge in [-0.1, -0.05) is 19.8 Å². The smallest absolute Gasteiger partial charge is 0.241 e. The number of nitrogens with one attached hydrogen (secondary N) is 1. The molecule has 0 aromatic heterocycles. The summed E-state index contributed by atoms with van der Waals surface area (Å²) < 4.78 is 40.5. The summed E-state index contributed by atoms with van der Waals surface area (Å²) in [6, 6.07) is 4.84. The van der Waals surface area contributed by atoms with E-state index in [1.54, 1.807) is 0 Å². The van der Waals surface area contributed by atoms with E-state index in [2.05, 4.69) is 4.72 Å². The molecule has 4 nitrogen and oxygen atoms in total. The fourth-order valence-corrected chi connectivity index (χ4v) is 4.38. The van der Waals surface area contributed by atoms with Crippen molar-refractivity contribution in [3.8, 4) is 0 Å². The van der Waals surface area contributed by atoms with Crippen molar-refractivity contribution >= 4 is 10.0 Å². The molecular formula is C14H21FN2O2S. The topological polar surface area (TPSA) is 72.2 Å². The van der Waals surface area contributed by atoms with Crippen LogP contribution in [0.1, 0.15) is 32.6 Å². The Morgan fingerprint density at radius 1 is 1.35 bits per heavy atom. The van der Waals surface area contributed by atoms with Crippen LogP contribution in [0.4, 0.5) is 4.39 Å². The fraction of sp³-hybridized carbons (Fsp3) is 0.571. The standard InChI is InChI=1S/C14H21FN2O2S/c1-11-4-2-3-9-14(11,10-16)17-20(18,19)13-7-5-12(15)6-8-13/h5-8,11,17H,2-4,9-10,16H2,1H3. The van der Waals surface area contributed by atoms with Gasteiger partial charge in [0.05, 0.1) is 4.90 Å². The Kier molecular flexibility index (Phi) is 4.46. The molecule has 0 saturated heterocycles. The molecule has 1 aliphatic rings. The Bertz CT molecular complexity index is 559. The maximum Gasteiger partial charge on any atom is 0.241 e. The van der Waals surface area contributed by atoms with Crippen LogP contribution in [-0.2, 0) is 10.0 Å². The quantitative estimate of drug-likeness (QED) is 0.893. The second-order valence-electron chi connectivity index (χ2n) is 5.57. The molecule has 6 heteroatoms. The van der Waals surface area contributed by atoms with Crippen molar-refractivity contribution in [2.75, 3.05) is 6.54 Å². The predicted molar refractivity (Wildman–Crippen MR) is 76.1 cm³/mol. The molecular weight excluding hydrogens is 279 g/mol. The Morgan fingerprint density at radius 3 is 2.55 bits per heavy atom. The average Bonchev–Trinajstić information content (AvgIpc) is 2.42. The molecule has 2 unspecified atom stereocenters. The molecule has 0 radical (unpaired) electrons. The van der Waals surface area contributed by atoms with Gasteiger partial charge in [0.2, 0.25) is 10.0 Å². The summed E-state index contributed by atoms with van der Waals surface area (Å²) in [5, 5.41) is 0. The molecule has 1 fully saturated rings. The lowest BCUT2D eigenvalue weighted by molar-refractivity contribution is 0.191. The van der Waals surface area contributed by atoms with Crippen molar-refractivity contribution in [2.24, 2.45) is 11.7 Å². The maximum absolute atomic E-state index is 12.9. The highest BCUT2D eigenvalue weighted by molar-refractivity contribution is 7.89. The zero-order chi connectivity index (χ0) is 14.8. The first-order chi connectivity index (χ1) is 9.39. The Labute approximate surface area is 119 Å². The number of hydrogen-bond acceptors (Lipinski definition) is 3. The van der Waals surface area contributed by atoms with Crippen molar-refractivity contribution in [3.63, 3.8) is 0 Å². The summed E-state index contributed by atoms with van der Waals surface area (Å²) in [6.45, 7) is 2.30. The predicted octanol–water partition coefficient (Wildman–Crippen LogP) is 2.01. The highest BCUT2D eigenvalue weighted by Gasteiger charge is 2.40. The molecule has 0 bridgehead atoms. The monoisotopic (exact) mass is 300 g/mol. The van der Waals surface area contributed by atoms with Crippen LogP contribution in [0.15, 0.2) is 29.2 Å². The van der Waals surface area contributed by atoms with Crippen molar-refractivity contribution in [2.45, 2.75) is 43.0 Å². The molecule has 20 heavy (non-hydrogen) atoms. The van der Waals surface area contributed by atoms with Crippen molar-refractivity contribution in [1.82, 2.24) is 4.72 Å². The second-order valence-corrected chi connectivity index (χ2v) is 7.25. The third kappa shape index (κ3) is 3.02. The van der Waals surface area contributed by atoms with Gasteiger partial charge in [-0.05, 0) is 43.0 Å². The van der Waals surface area contributed by atoms with Crippen LogP contribution in [0, 0.1) is 11.7 Å². The fourth-order valence-electron chi connectivity index (χ4n) is 2.85. The van der Waals surface area contributed by atoms with E-state index in [0.717, 1.165) is 37.8 Å². The van der Waals surface area contributed by atoms with E-state index in [4.69, 9.17) is 5.73 Å². The van der Waals surface area contributed by atoms with E-state index in [0.29, 0.717) is 0 Å². The van der Waals surface area contributed by atoms with Gasteiger partial charge in [0.1, 0.15) is 5.82 Å². The lowest BCUT2D eigenvalue weighted by Crippen LogP contribution is -2.58. The van der Waals surface area contributed by atoms with E-state index >= 15 is 0 Å². The van der Waals surface area contributed by atoms with Gasteiger partial charge in [0.25, 0.3) is 0 Å². The molecule has 1 saturated carbocycles. The number of nitrogens with two attached hydrogens (primary N) is 1. The van der Waals surface area contributed by atoms with E-state index in [1.807, 2.05) is 6.92 Å². The van der Waals surface area contributed by atoms with Crippen molar-refractivity contribution < 1.29 is 12.8 Å². The molecule has 1 aromatic rings. The molecule has 3 N–H and O–H groups in total. The number of halogens is 1. The number of benzene rings is 1. The van der Waals surface area contributed by atoms with Crippen LogP contribution in [-0.4, -0.2) is 20.5 Å². The molecule has 0 spiro atoms. The van der Waals surface area contributed by atoms with Gasteiger partial charge in [0.15, 0.2) is 0 Å². The summed E-state index contributed by atoms with van der Waals surface area (Å²) >= 11 is 0. The van der Waals surface area contributed by atoms with Gasteiger partial charge in [-0.15, -0.1) is 0 Å². The van der Waals surface area contributed by atoms with Crippen molar-refractivity contribution in [3.05, 3.63) is 30.1 Å². The molecule has 0 heterocycles. The van der Waals surface area contributed by atoms with Gasteiger partial charge in [-0.2, -0.15) is 0 Å². The first kappa shape index (κ1) is 15.4. The number of sulfonamides is 1. The molecule has 112 valence electrons. The maximum atomic E-state index is 12.9. The zero-order valence-electron chi connectivity index (χ0n) is 11.6. The van der Waals surface area contributed by atoms with Crippen LogP contribution in [0.2, 0.25) is 0 Å². The van der Waals surface area contributed by atoms with Crippen LogP contribution >= 0.6 is 0 Å². The Morgan fingerprint density at radius 2 is 2.00 bits per heavy atom. The second kappa shape index (κ2) is 5.79. The molecule has 1 aromatic carbocycles. The summed E-state index contributed by atoms with van der Waals surface area (Å²) in [6.07, 6.45) is 3.77. The minimum absolute atomic E-state index is 0.0736. The molecule has 2 rings (SSSR count). The number of rotatable bonds is 4. The SMILES string of the molecule is CC1CCCCC1(CN)NS(=O)(=O)c1ccc(F)cc1.